The second-order valence-corrected chi connectivity index (χ2v) is 12.2. The van der Waals surface area contributed by atoms with Crippen LogP contribution in [0.4, 0.5) is 15.8 Å². The van der Waals surface area contributed by atoms with E-state index in [4.69, 9.17) is 14.7 Å². The lowest BCUT2D eigenvalue weighted by atomic mass is 10.1. The van der Waals surface area contributed by atoms with Crippen molar-refractivity contribution in [3.8, 4) is 11.9 Å². The zero-order valence-electron chi connectivity index (χ0n) is 28.6. The zero-order chi connectivity index (χ0) is 34.4. The highest BCUT2D eigenvalue weighted by Gasteiger charge is 2.37. The van der Waals surface area contributed by atoms with Gasteiger partial charge in [0.1, 0.15) is 18.6 Å². The van der Waals surface area contributed by atoms with Crippen molar-refractivity contribution in [2.45, 2.75) is 71.9 Å². The molecule has 12 heteroatoms. The van der Waals surface area contributed by atoms with Gasteiger partial charge in [0, 0.05) is 56.7 Å². The van der Waals surface area contributed by atoms with Crippen LogP contribution in [-0.2, 0) is 17.9 Å². The molecule has 0 radical (unpaired) electrons. The molecule has 2 aromatic heterocycles. The summed E-state index contributed by atoms with van der Waals surface area (Å²) in [7, 11) is 3.52. The van der Waals surface area contributed by atoms with Gasteiger partial charge >= 0.3 is 5.97 Å². The molecule has 2 aromatic carbocycles. The normalized spacial score (nSPS) is 16.4. The minimum absolute atomic E-state index is 0.0415. The van der Waals surface area contributed by atoms with Crippen LogP contribution >= 0.6 is 0 Å². The second-order valence-electron chi connectivity index (χ2n) is 12.2. The number of nitrogens with zero attached hydrogens (tertiary/aromatic N) is 8. The molecular weight excluding hydrogens is 611 g/mol. The number of piperidine rings is 1. The molecule has 6 rings (SSSR count). The van der Waals surface area contributed by atoms with E-state index in [2.05, 4.69) is 50.2 Å². The van der Waals surface area contributed by atoms with Crippen molar-refractivity contribution >= 4 is 17.3 Å². The largest absolute Gasteiger partial charge is 0.472 e. The summed E-state index contributed by atoms with van der Waals surface area (Å²) in [6.45, 7) is 11.6. The number of halogens is 1. The lowest BCUT2D eigenvalue weighted by Gasteiger charge is -2.38. The number of benzene rings is 2. The monoisotopic (exact) mass is 656 g/mol. The van der Waals surface area contributed by atoms with Crippen molar-refractivity contribution in [3.05, 3.63) is 89.4 Å². The number of hydrogen-bond acceptors (Lipinski definition) is 9. The number of likely N-dealkylation sites (tertiary alicyclic amines) is 1. The molecule has 1 saturated heterocycles. The maximum absolute atomic E-state index is 14.3. The summed E-state index contributed by atoms with van der Waals surface area (Å²) < 4.78 is 29.2. The Bertz CT molecular complexity index is 1740. The highest BCUT2D eigenvalue weighted by atomic mass is 19.1. The van der Waals surface area contributed by atoms with Crippen LogP contribution in [0.25, 0.3) is 0 Å². The molecule has 11 nitrogen and oxygen atoms in total. The number of nitriles is 1. The molecule has 4 heterocycles. The highest BCUT2D eigenvalue weighted by molar-refractivity contribution is 5.93. The van der Waals surface area contributed by atoms with Crippen LogP contribution in [0.3, 0.4) is 0 Å². The molecule has 1 atom stereocenters. The third kappa shape index (κ3) is 7.31. The van der Waals surface area contributed by atoms with Gasteiger partial charge in [0.25, 0.3) is 0 Å². The first-order valence-electron chi connectivity index (χ1n) is 16.6. The average Bonchev–Trinajstić information content (AvgIpc) is 3.84. The predicted molar refractivity (Wildman–Crippen MR) is 183 cm³/mol. The van der Waals surface area contributed by atoms with Gasteiger partial charge in [-0.15, -0.1) is 5.10 Å². The van der Waals surface area contributed by atoms with E-state index in [1.165, 1.54) is 13.2 Å². The smallest absolute Gasteiger partial charge is 0.337 e. The summed E-state index contributed by atoms with van der Waals surface area (Å²) in [6.07, 6.45) is 7.64. The van der Waals surface area contributed by atoms with E-state index in [1.54, 1.807) is 18.2 Å². The van der Waals surface area contributed by atoms with Gasteiger partial charge in [0.2, 0.25) is 5.88 Å². The van der Waals surface area contributed by atoms with E-state index in [-0.39, 0.29) is 36.4 Å². The summed E-state index contributed by atoms with van der Waals surface area (Å²) in [6, 6.07) is 14.4. The van der Waals surface area contributed by atoms with Gasteiger partial charge in [-0.3, -0.25) is 9.58 Å². The number of fused-ring (bicyclic) bond motifs is 1. The standard InChI is InChI=1S/C34H39FN8O3.C2H6/c1-23(2)42-22-37-18-28(42)19-41-31-16-25(34(44)45-4)7-8-30(31)39(3)33(41)20-40-12-9-27(10-13-40)43-14-11-32(38-43)46-21-26-6-5-24(17-36)15-29(26)35;1-2/h5-8,11,14-16,18,22-23,27,33H,9-10,12-13,19-21H2,1-4H3;1-2H3. The molecule has 2 aliphatic heterocycles. The first-order valence-corrected chi connectivity index (χ1v) is 16.6. The maximum Gasteiger partial charge on any atom is 0.337 e. The van der Waals surface area contributed by atoms with Crippen molar-refractivity contribution in [2.75, 3.05) is 43.6 Å². The van der Waals surface area contributed by atoms with Crippen LogP contribution in [0.15, 0.2) is 61.2 Å². The maximum atomic E-state index is 14.3. The summed E-state index contributed by atoms with van der Waals surface area (Å²) in [5.74, 6) is -0.370. The molecule has 0 N–H and O–H groups in total. The molecule has 48 heavy (non-hydrogen) atoms. The van der Waals surface area contributed by atoms with Crippen molar-refractivity contribution < 1.29 is 18.7 Å². The first kappa shape index (κ1) is 34.4. The molecule has 0 bridgehead atoms. The summed E-state index contributed by atoms with van der Waals surface area (Å²) in [4.78, 5) is 24.0. The van der Waals surface area contributed by atoms with Crippen LogP contribution in [0.5, 0.6) is 5.88 Å². The van der Waals surface area contributed by atoms with Gasteiger partial charge in [0.05, 0.1) is 60.3 Å². The van der Waals surface area contributed by atoms with Crippen LogP contribution in [0.2, 0.25) is 0 Å². The Labute approximate surface area is 282 Å². The quantitative estimate of drug-likeness (QED) is 0.185. The molecule has 2 aliphatic rings. The van der Waals surface area contributed by atoms with Crippen LogP contribution < -0.4 is 14.5 Å². The van der Waals surface area contributed by atoms with E-state index in [0.717, 1.165) is 49.5 Å². The van der Waals surface area contributed by atoms with Crippen molar-refractivity contribution in [3.63, 3.8) is 0 Å². The number of carbonyl (C=O) groups is 1. The number of carbonyl (C=O) groups excluding carboxylic acids is 1. The summed E-state index contributed by atoms with van der Waals surface area (Å²) >= 11 is 0. The van der Waals surface area contributed by atoms with Crippen LogP contribution in [0.1, 0.15) is 79.8 Å². The SMILES string of the molecule is CC.COC(=O)c1ccc2c(c1)N(Cc1cncn1C(C)C)C(CN1CCC(n3ccc(OCc4ccc(C#N)cc4F)n3)CC1)N2C. The number of esters is 1. The third-order valence-electron chi connectivity index (χ3n) is 9.02. The molecule has 0 aliphatic carbocycles. The molecule has 0 amide bonds. The fourth-order valence-electron chi connectivity index (χ4n) is 6.42. The van der Waals surface area contributed by atoms with Gasteiger partial charge in [-0.1, -0.05) is 19.9 Å². The lowest BCUT2D eigenvalue weighted by Crippen LogP contribution is -2.51. The molecular formula is C36H45FN8O3. The van der Waals surface area contributed by atoms with Crippen molar-refractivity contribution in [2.24, 2.45) is 0 Å². The molecule has 254 valence electrons. The predicted octanol–water partition coefficient (Wildman–Crippen LogP) is 6.18. The highest BCUT2D eigenvalue weighted by Crippen LogP contribution is 2.41. The van der Waals surface area contributed by atoms with E-state index < -0.39 is 5.82 Å². The topological polar surface area (TPSA) is 105 Å². The summed E-state index contributed by atoms with van der Waals surface area (Å²) in [5.41, 5.74) is 4.38. The van der Waals surface area contributed by atoms with Gasteiger partial charge in [-0.2, -0.15) is 5.26 Å². The van der Waals surface area contributed by atoms with Gasteiger partial charge in [-0.05, 0) is 57.0 Å². The third-order valence-corrected chi connectivity index (χ3v) is 9.02. The number of methoxy groups -OCH3 is 1. The van der Waals surface area contributed by atoms with Gasteiger partial charge < -0.3 is 23.8 Å². The molecule has 0 spiro atoms. The zero-order valence-corrected chi connectivity index (χ0v) is 28.6. The minimum atomic E-state index is -0.463. The Hall–Kier alpha value is -4.89. The fraction of sp³-hybridized carbons (Fsp3) is 0.444. The Morgan fingerprint density at radius 2 is 1.88 bits per heavy atom. The molecule has 1 unspecified atom stereocenters. The number of anilines is 2. The first-order chi connectivity index (χ1) is 23.2. The van der Waals surface area contributed by atoms with E-state index in [0.29, 0.717) is 23.6 Å². The second kappa shape index (κ2) is 15.3. The number of hydrogen-bond donors (Lipinski definition) is 0. The number of aromatic nitrogens is 4. The Morgan fingerprint density at radius 1 is 1.10 bits per heavy atom. The Balaban J connectivity index is 0.00000221. The van der Waals surface area contributed by atoms with Gasteiger partial charge in [0.15, 0.2) is 0 Å². The number of imidazole rings is 1. The Morgan fingerprint density at radius 3 is 2.56 bits per heavy atom. The Kier molecular flexibility index (Phi) is 11.0. The van der Waals surface area contributed by atoms with Crippen LogP contribution in [-0.4, -0.2) is 70.2 Å². The van der Waals surface area contributed by atoms with Gasteiger partial charge in [-0.25, -0.2) is 14.2 Å². The number of rotatable bonds is 10. The molecule has 0 saturated carbocycles. The van der Waals surface area contributed by atoms with E-state index in [1.807, 2.05) is 61.5 Å². The average molecular weight is 657 g/mol. The van der Waals surface area contributed by atoms with Crippen LogP contribution in [0, 0.1) is 17.1 Å². The number of likely N-dealkylation sites (N-methyl/N-ethyl adjacent to an activating group) is 1. The van der Waals surface area contributed by atoms with E-state index in [9.17, 15) is 9.18 Å². The van der Waals surface area contributed by atoms with Crippen molar-refractivity contribution in [1.82, 2.24) is 24.2 Å². The molecule has 4 aromatic rings. The summed E-state index contributed by atoms with van der Waals surface area (Å²) in [5, 5.41) is 13.6. The fourth-order valence-corrected chi connectivity index (χ4v) is 6.42. The lowest BCUT2D eigenvalue weighted by molar-refractivity contribution is 0.0600. The number of ether oxygens (including phenoxy) is 2. The van der Waals surface area contributed by atoms with E-state index >= 15 is 0 Å². The minimum Gasteiger partial charge on any atom is -0.472 e. The molecule has 1 fully saturated rings. The van der Waals surface area contributed by atoms with Crippen molar-refractivity contribution in [1.29, 1.82) is 5.26 Å².